The Hall–Kier alpha value is -3.03. The molecule has 0 atom stereocenters. The largest absolute Gasteiger partial charge is 0.484 e. The Morgan fingerprint density at radius 3 is 2.74 bits per heavy atom. The molecular formula is C23H19BrClN3O3. The van der Waals surface area contributed by atoms with E-state index >= 15 is 0 Å². The van der Waals surface area contributed by atoms with Gasteiger partial charge in [-0.3, -0.25) is 9.48 Å². The fourth-order valence-corrected chi connectivity index (χ4v) is 3.71. The van der Waals surface area contributed by atoms with Crippen molar-refractivity contribution in [3.05, 3.63) is 99.0 Å². The number of anilines is 1. The highest BCUT2D eigenvalue weighted by Crippen LogP contribution is 2.28. The second-order valence-corrected chi connectivity index (χ2v) is 8.22. The molecular weight excluding hydrogens is 482 g/mol. The third-order valence-corrected chi connectivity index (χ3v) is 5.34. The van der Waals surface area contributed by atoms with Gasteiger partial charge in [0.1, 0.15) is 18.1 Å². The van der Waals surface area contributed by atoms with Gasteiger partial charge < -0.3 is 14.5 Å². The number of carbonyl (C=O) groups is 1. The van der Waals surface area contributed by atoms with Crippen molar-refractivity contribution in [2.75, 3.05) is 5.32 Å². The second-order valence-electron chi connectivity index (χ2n) is 6.90. The molecule has 2 aromatic heterocycles. The van der Waals surface area contributed by atoms with Crippen LogP contribution in [0.3, 0.4) is 0 Å². The van der Waals surface area contributed by atoms with Gasteiger partial charge in [0.2, 0.25) is 0 Å². The van der Waals surface area contributed by atoms with Gasteiger partial charge in [0.05, 0.1) is 11.6 Å². The van der Waals surface area contributed by atoms with E-state index < -0.39 is 0 Å². The smallest absolute Gasteiger partial charge is 0.292 e. The van der Waals surface area contributed by atoms with Crippen molar-refractivity contribution in [2.45, 2.75) is 20.1 Å². The van der Waals surface area contributed by atoms with Gasteiger partial charge in [-0.2, -0.15) is 5.10 Å². The fourth-order valence-electron chi connectivity index (χ4n) is 2.98. The second kappa shape index (κ2) is 9.41. The quantitative estimate of drug-likeness (QED) is 0.334. The molecule has 31 heavy (non-hydrogen) atoms. The number of carbonyl (C=O) groups excluding carboxylic acids is 1. The van der Waals surface area contributed by atoms with E-state index in [1.54, 1.807) is 24.3 Å². The number of amides is 1. The molecule has 0 bridgehead atoms. The highest BCUT2D eigenvalue weighted by atomic mass is 79.9. The highest BCUT2D eigenvalue weighted by Gasteiger charge is 2.15. The van der Waals surface area contributed by atoms with Crippen molar-refractivity contribution in [3.63, 3.8) is 0 Å². The third-order valence-electron chi connectivity index (χ3n) is 4.55. The molecule has 6 nitrogen and oxygen atoms in total. The monoisotopic (exact) mass is 499 g/mol. The van der Waals surface area contributed by atoms with Crippen molar-refractivity contribution in [1.82, 2.24) is 9.78 Å². The van der Waals surface area contributed by atoms with Crippen LogP contribution in [0.4, 0.5) is 5.82 Å². The zero-order chi connectivity index (χ0) is 21.8. The first-order valence-corrected chi connectivity index (χ1v) is 10.7. The molecule has 4 rings (SSSR count). The van der Waals surface area contributed by atoms with E-state index in [0.29, 0.717) is 28.9 Å². The molecule has 0 unspecified atom stereocenters. The molecule has 0 spiro atoms. The Kier molecular flexibility index (Phi) is 6.44. The zero-order valence-corrected chi connectivity index (χ0v) is 19.0. The van der Waals surface area contributed by atoms with Gasteiger partial charge in [-0.05, 0) is 42.8 Å². The summed E-state index contributed by atoms with van der Waals surface area (Å²) in [6.45, 7) is 2.73. The lowest BCUT2D eigenvalue weighted by atomic mass is 10.2. The summed E-state index contributed by atoms with van der Waals surface area (Å²) < 4.78 is 14.0. The molecule has 0 aliphatic rings. The zero-order valence-electron chi connectivity index (χ0n) is 16.6. The predicted octanol–water partition coefficient (Wildman–Crippen LogP) is 6.08. The molecule has 0 saturated heterocycles. The minimum atomic E-state index is -0.378. The summed E-state index contributed by atoms with van der Waals surface area (Å²) in [7, 11) is 0. The Morgan fingerprint density at radius 1 is 1.16 bits per heavy atom. The average Bonchev–Trinajstić information content (AvgIpc) is 3.35. The van der Waals surface area contributed by atoms with Gasteiger partial charge >= 0.3 is 0 Å². The molecule has 0 radical (unpaired) electrons. The highest BCUT2D eigenvalue weighted by molar-refractivity contribution is 9.10. The van der Waals surface area contributed by atoms with E-state index in [0.717, 1.165) is 15.7 Å². The van der Waals surface area contributed by atoms with Crippen LogP contribution < -0.4 is 10.1 Å². The molecule has 1 N–H and O–H groups in total. The number of aryl methyl sites for hydroxylation is 1. The number of benzene rings is 2. The Labute approximate surface area is 192 Å². The van der Waals surface area contributed by atoms with Gasteiger partial charge in [-0.1, -0.05) is 57.9 Å². The van der Waals surface area contributed by atoms with Crippen LogP contribution in [0.25, 0.3) is 0 Å². The molecule has 158 valence electrons. The molecule has 2 heterocycles. The lowest BCUT2D eigenvalue weighted by Crippen LogP contribution is -2.12. The van der Waals surface area contributed by atoms with E-state index in [1.165, 1.54) is 0 Å². The number of aromatic nitrogens is 2. The topological polar surface area (TPSA) is 69.3 Å². The lowest BCUT2D eigenvalue weighted by Gasteiger charge is -2.06. The van der Waals surface area contributed by atoms with Crippen LogP contribution in [0.5, 0.6) is 5.75 Å². The molecule has 8 heteroatoms. The predicted molar refractivity (Wildman–Crippen MR) is 123 cm³/mol. The number of ether oxygens (including phenoxy) is 1. The SMILES string of the molecule is Cc1cc(NC(=O)c2ccc(COc3ccc(Br)cc3Cl)o2)nn1Cc1ccccc1. The van der Waals surface area contributed by atoms with E-state index in [4.69, 9.17) is 20.8 Å². The van der Waals surface area contributed by atoms with E-state index in [2.05, 4.69) is 26.3 Å². The van der Waals surface area contributed by atoms with Crippen molar-refractivity contribution in [1.29, 1.82) is 0 Å². The molecule has 2 aromatic carbocycles. The van der Waals surface area contributed by atoms with Crippen molar-refractivity contribution in [3.8, 4) is 5.75 Å². The normalized spacial score (nSPS) is 10.8. The van der Waals surface area contributed by atoms with Crippen molar-refractivity contribution < 1.29 is 13.9 Å². The van der Waals surface area contributed by atoms with Gasteiger partial charge in [-0.15, -0.1) is 0 Å². The lowest BCUT2D eigenvalue weighted by molar-refractivity contribution is 0.0992. The first-order valence-electron chi connectivity index (χ1n) is 9.54. The molecule has 4 aromatic rings. The summed E-state index contributed by atoms with van der Waals surface area (Å²) in [4.78, 5) is 12.6. The standard InChI is InChI=1S/C23H19BrClN3O3/c1-15-11-22(27-28(15)13-16-5-3-2-4-6-16)26-23(29)21-10-8-18(31-21)14-30-20-9-7-17(24)12-19(20)25/h2-12H,13-14H2,1H3,(H,26,27,29). The average molecular weight is 501 g/mol. The van der Waals surface area contributed by atoms with Crippen LogP contribution in [-0.2, 0) is 13.2 Å². The molecule has 0 fully saturated rings. The summed E-state index contributed by atoms with van der Waals surface area (Å²) >= 11 is 9.50. The summed E-state index contributed by atoms with van der Waals surface area (Å²) in [5.41, 5.74) is 2.08. The Balaban J connectivity index is 1.37. The number of furan rings is 1. The summed E-state index contributed by atoms with van der Waals surface area (Å²) in [6, 6.07) is 20.5. The van der Waals surface area contributed by atoms with E-state index in [-0.39, 0.29) is 18.3 Å². The van der Waals surface area contributed by atoms with E-state index in [9.17, 15) is 4.79 Å². The summed E-state index contributed by atoms with van der Waals surface area (Å²) in [5, 5.41) is 7.73. The van der Waals surface area contributed by atoms with Crippen molar-refractivity contribution >= 4 is 39.3 Å². The fraction of sp³-hybridized carbons (Fsp3) is 0.130. The summed E-state index contributed by atoms with van der Waals surface area (Å²) in [5.74, 6) is 1.31. The van der Waals surface area contributed by atoms with Crippen LogP contribution in [0.1, 0.15) is 27.6 Å². The maximum absolute atomic E-state index is 12.6. The van der Waals surface area contributed by atoms with Gasteiger partial charge in [0.25, 0.3) is 5.91 Å². The molecule has 1 amide bonds. The number of nitrogens with one attached hydrogen (secondary N) is 1. The van der Waals surface area contributed by atoms with Crippen LogP contribution in [0.15, 0.2) is 75.6 Å². The summed E-state index contributed by atoms with van der Waals surface area (Å²) in [6.07, 6.45) is 0. The number of hydrogen-bond donors (Lipinski definition) is 1. The molecule has 0 saturated carbocycles. The Morgan fingerprint density at radius 2 is 1.97 bits per heavy atom. The van der Waals surface area contributed by atoms with Crippen molar-refractivity contribution in [2.24, 2.45) is 0 Å². The maximum atomic E-state index is 12.6. The third kappa shape index (κ3) is 5.37. The van der Waals surface area contributed by atoms with Crippen LogP contribution in [-0.4, -0.2) is 15.7 Å². The first kappa shape index (κ1) is 21.2. The number of nitrogens with zero attached hydrogens (tertiary/aromatic N) is 2. The number of halogens is 2. The van der Waals surface area contributed by atoms with Gasteiger partial charge in [0.15, 0.2) is 11.6 Å². The minimum absolute atomic E-state index is 0.152. The van der Waals surface area contributed by atoms with Gasteiger partial charge in [-0.25, -0.2) is 0 Å². The van der Waals surface area contributed by atoms with E-state index in [1.807, 2.05) is 54.1 Å². The molecule has 0 aliphatic carbocycles. The molecule has 0 aliphatic heterocycles. The number of rotatable bonds is 7. The Bertz CT molecular complexity index is 1200. The first-order chi connectivity index (χ1) is 15.0. The maximum Gasteiger partial charge on any atom is 0.292 e. The van der Waals surface area contributed by atoms with Crippen LogP contribution in [0.2, 0.25) is 5.02 Å². The van der Waals surface area contributed by atoms with Crippen LogP contribution >= 0.6 is 27.5 Å². The van der Waals surface area contributed by atoms with Crippen LogP contribution in [0, 0.1) is 6.92 Å². The minimum Gasteiger partial charge on any atom is -0.484 e. The van der Waals surface area contributed by atoms with Gasteiger partial charge in [0, 0.05) is 16.2 Å². The number of hydrogen-bond acceptors (Lipinski definition) is 4.